The number of carbonyl (C=O) groups excluding carboxylic acids is 1. The number of rotatable bonds is 3. The third-order valence-corrected chi connectivity index (χ3v) is 4.75. The highest BCUT2D eigenvalue weighted by Gasteiger charge is 2.23. The molecule has 2 rings (SSSR count). The molecule has 0 saturated heterocycles. The minimum absolute atomic E-state index is 0.114. The summed E-state index contributed by atoms with van der Waals surface area (Å²) >= 11 is 9.18. The molecule has 0 aliphatic heterocycles. The van der Waals surface area contributed by atoms with Crippen molar-refractivity contribution in [2.75, 3.05) is 7.11 Å². The van der Waals surface area contributed by atoms with Gasteiger partial charge < -0.3 is 10.1 Å². The molecule has 104 valence electrons. The van der Waals surface area contributed by atoms with Crippen LogP contribution in [-0.2, 0) is 4.74 Å². The largest absolute Gasteiger partial charge is 0.381 e. The van der Waals surface area contributed by atoms with Gasteiger partial charge in [0.15, 0.2) is 0 Å². The Morgan fingerprint density at radius 1 is 1.47 bits per heavy atom. The van der Waals surface area contributed by atoms with Crippen molar-refractivity contribution in [2.45, 2.75) is 37.8 Å². The van der Waals surface area contributed by atoms with Crippen LogP contribution in [0.15, 0.2) is 16.7 Å². The van der Waals surface area contributed by atoms with Crippen LogP contribution in [-0.4, -0.2) is 30.1 Å². The Hall–Kier alpha value is -0.650. The van der Waals surface area contributed by atoms with Crippen molar-refractivity contribution >= 4 is 33.4 Å². The van der Waals surface area contributed by atoms with Crippen LogP contribution in [0.4, 0.5) is 0 Å². The van der Waals surface area contributed by atoms with E-state index < -0.39 is 0 Å². The van der Waals surface area contributed by atoms with Crippen LogP contribution in [0.5, 0.6) is 0 Å². The van der Waals surface area contributed by atoms with Crippen LogP contribution >= 0.6 is 27.5 Å². The summed E-state index contributed by atoms with van der Waals surface area (Å²) in [5, 5.41) is 3.34. The summed E-state index contributed by atoms with van der Waals surface area (Å²) in [7, 11) is 1.74. The van der Waals surface area contributed by atoms with Gasteiger partial charge in [-0.15, -0.1) is 0 Å². The highest BCUT2D eigenvalue weighted by Crippen LogP contribution is 2.25. The maximum Gasteiger partial charge on any atom is 0.252 e. The average molecular weight is 348 g/mol. The molecule has 0 spiro atoms. The van der Waals surface area contributed by atoms with E-state index in [-0.39, 0.29) is 11.9 Å². The third kappa shape index (κ3) is 3.68. The van der Waals surface area contributed by atoms with E-state index in [0.717, 1.165) is 25.7 Å². The topological polar surface area (TPSA) is 51.2 Å². The van der Waals surface area contributed by atoms with Gasteiger partial charge in [-0.3, -0.25) is 4.79 Å². The maximum absolute atomic E-state index is 12.2. The fourth-order valence-electron chi connectivity index (χ4n) is 2.30. The van der Waals surface area contributed by atoms with E-state index in [1.165, 1.54) is 6.20 Å². The van der Waals surface area contributed by atoms with Gasteiger partial charge in [0.1, 0.15) is 5.15 Å². The molecule has 0 aromatic carbocycles. The van der Waals surface area contributed by atoms with Crippen LogP contribution in [0.25, 0.3) is 0 Å². The fourth-order valence-corrected chi connectivity index (χ4v) is 2.87. The smallest absolute Gasteiger partial charge is 0.252 e. The van der Waals surface area contributed by atoms with Crippen molar-refractivity contribution in [1.82, 2.24) is 10.3 Å². The maximum atomic E-state index is 12.2. The number of methoxy groups -OCH3 is 1. The SMILES string of the molecule is COC1CCC(NC(=O)c2ccnc(Cl)c2Br)CC1. The lowest BCUT2D eigenvalue weighted by molar-refractivity contribution is 0.0599. The standard InChI is InChI=1S/C13H16BrClN2O2/c1-19-9-4-2-8(3-5-9)17-13(18)10-6-7-16-12(15)11(10)14/h6-9H,2-5H2,1H3,(H,17,18). The molecule has 1 aromatic rings. The Balaban J connectivity index is 1.96. The van der Waals surface area contributed by atoms with Crippen molar-refractivity contribution in [2.24, 2.45) is 0 Å². The van der Waals surface area contributed by atoms with E-state index in [2.05, 4.69) is 26.2 Å². The number of ether oxygens (including phenoxy) is 1. The van der Waals surface area contributed by atoms with Crippen molar-refractivity contribution in [3.05, 3.63) is 27.5 Å². The van der Waals surface area contributed by atoms with Crippen LogP contribution < -0.4 is 5.32 Å². The number of halogens is 2. The third-order valence-electron chi connectivity index (χ3n) is 3.43. The van der Waals surface area contributed by atoms with Crippen LogP contribution in [0, 0.1) is 0 Å². The summed E-state index contributed by atoms with van der Waals surface area (Å²) in [6.07, 6.45) is 5.72. The summed E-state index contributed by atoms with van der Waals surface area (Å²) in [4.78, 5) is 16.1. The molecule has 1 aromatic heterocycles. The van der Waals surface area contributed by atoms with Gasteiger partial charge in [-0.1, -0.05) is 11.6 Å². The molecule has 1 aliphatic rings. The first-order valence-electron chi connectivity index (χ1n) is 6.25. The lowest BCUT2D eigenvalue weighted by atomic mass is 9.93. The Morgan fingerprint density at radius 3 is 2.79 bits per heavy atom. The molecule has 0 atom stereocenters. The number of pyridine rings is 1. The molecule has 1 saturated carbocycles. The second-order valence-electron chi connectivity index (χ2n) is 4.65. The molecule has 0 radical (unpaired) electrons. The second kappa shape index (κ2) is 6.68. The minimum Gasteiger partial charge on any atom is -0.381 e. The number of nitrogens with zero attached hydrogens (tertiary/aromatic N) is 1. The van der Waals surface area contributed by atoms with Gasteiger partial charge in [-0.2, -0.15) is 0 Å². The summed E-state index contributed by atoms with van der Waals surface area (Å²) in [5.74, 6) is -0.114. The highest BCUT2D eigenvalue weighted by molar-refractivity contribution is 9.10. The lowest BCUT2D eigenvalue weighted by Crippen LogP contribution is -2.39. The predicted molar refractivity (Wildman–Crippen MR) is 77.5 cm³/mol. The molecule has 1 aliphatic carbocycles. The van der Waals surface area contributed by atoms with Crippen LogP contribution in [0.2, 0.25) is 5.15 Å². The van der Waals surface area contributed by atoms with Crippen molar-refractivity contribution in [3.8, 4) is 0 Å². The molecule has 19 heavy (non-hydrogen) atoms. The molecule has 4 nitrogen and oxygen atoms in total. The van der Waals surface area contributed by atoms with E-state index in [9.17, 15) is 4.79 Å². The highest BCUT2D eigenvalue weighted by atomic mass is 79.9. The lowest BCUT2D eigenvalue weighted by Gasteiger charge is -2.28. The molecule has 1 N–H and O–H groups in total. The van der Waals surface area contributed by atoms with Crippen LogP contribution in [0.1, 0.15) is 36.0 Å². The number of amides is 1. The summed E-state index contributed by atoms with van der Waals surface area (Å²) in [5.41, 5.74) is 0.522. The Kier molecular flexibility index (Phi) is 5.19. The molecule has 1 fully saturated rings. The Morgan fingerprint density at radius 2 is 2.16 bits per heavy atom. The summed E-state index contributed by atoms with van der Waals surface area (Å²) in [6.45, 7) is 0. The first-order chi connectivity index (χ1) is 9.11. The van der Waals surface area contributed by atoms with E-state index in [4.69, 9.17) is 16.3 Å². The number of hydrogen-bond acceptors (Lipinski definition) is 3. The molecule has 1 heterocycles. The van der Waals surface area contributed by atoms with Crippen molar-refractivity contribution in [1.29, 1.82) is 0 Å². The van der Waals surface area contributed by atoms with E-state index in [0.29, 0.717) is 21.3 Å². The van der Waals surface area contributed by atoms with Gasteiger partial charge in [-0.25, -0.2) is 4.98 Å². The second-order valence-corrected chi connectivity index (χ2v) is 5.80. The number of nitrogens with one attached hydrogen (secondary N) is 1. The van der Waals surface area contributed by atoms with Gasteiger partial charge in [0.2, 0.25) is 0 Å². The van der Waals surface area contributed by atoms with E-state index in [1.54, 1.807) is 13.2 Å². The minimum atomic E-state index is -0.114. The molecule has 1 amide bonds. The monoisotopic (exact) mass is 346 g/mol. The normalized spacial score (nSPS) is 23.1. The summed E-state index contributed by atoms with van der Waals surface area (Å²) < 4.78 is 5.86. The molecule has 0 bridgehead atoms. The molecule has 6 heteroatoms. The Labute approximate surface area is 126 Å². The van der Waals surface area contributed by atoms with E-state index in [1.807, 2.05) is 0 Å². The number of aromatic nitrogens is 1. The average Bonchev–Trinajstić information content (AvgIpc) is 2.42. The molecular formula is C13H16BrClN2O2. The fraction of sp³-hybridized carbons (Fsp3) is 0.538. The predicted octanol–water partition coefficient (Wildman–Crippen LogP) is 3.18. The van der Waals surface area contributed by atoms with Crippen molar-refractivity contribution < 1.29 is 9.53 Å². The van der Waals surface area contributed by atoms with Crippen LogP contribution in [0.3, 0.4) is 0 Å². The number of carbonyl (C=O) groups is 1. The molecule has 0 unspecified atom stereocenters. The molecular weight excluding hydrogens is 332 g/mol. The Bertz CT molecular complexity index is 462. The zero-order valence-electron chi connectivity index (χ0n) is 10.7. The first kappa shape index (κ1) is 14.8. The van der Waals surface area contributed by atoms with Gasteiger partial charge in [0.25, 0.3) is 5.91 Å². The van der Waals surface area contributed by atoms with Gasteiger partial charge in [0, 0.05) is 19.3 Å². The van der Waals surface area contributed by atoms with Crippen molar-refractivity contribution in [3.63, 3.8) is 0 Å². The van der Waals surface area contributed by atoms with E-state index >= 15 is 0 Å². The first-order valence-corrected chi connectivity index (χ1v) is 7.42. The zero-order valence-corrected chi connectivity index (χ0v) is 13.0. The van der Waals surface area contributed by atoms with Gasteiger partial charge in [-0.05, 0) is 47.7 Å². The quantitative estimate of drug-likeness (QED) is 0.854. The number of hydrogen-bond donors (Lipinski definition) is 1. The van der Waals surface area contributed by atoms with Gasteiger partial charge in [0.05, 0.1) is 16.1 Å². The summed E-state index contributed by atoms with van der Waals surface area (Å²) in [6, 6.07) is 1.87. The van der Waals surface area contributed by atoms with Gasteiger partial charge >= 0.3 is 0 Å². The zero-order chi connectivity index (χ0) is 13.8.